The van der Waals surface area contributed by atoms with Crippen molar-refractivity contribution >= 4 is 33.9 Å². The van der Waals surface area contributed by atoms with Crippen molar-refractivity contribution in [2.24, 2.45) is 0 Å². The van der Waals surface area contributed by atoms with Crippen LogP contribution in [-0.2, 0) is 9.59 Å². The van der Waals surface area contributed by atoms with Crippen LogP contribution >= 0.6 is 0 Å². The molecule has 1 aliphatic heterocycles. The molecule has 0 spiro atoms. The fourth-order valence-corrected chi connectivity index (χ4v) is 4.43. The minimum atomic E-state index is -1.16. The average Bonchev–Trinajstić information content (AvgIpc) is 3.13. The summed E-state index contributed by atoms with van der Waals surface area (Å²) in [5.74, 6) is -2.22. The van der Waals surface area contributed by atoms with Crippen molar-refractivity contribution in [2.75, 3.05) is 12.0 Å². The topological polar surface area (TPSA) is 66.8 Å². The summed E-state index contributed by atoms with van der Waals surface area (Å²) < 4.78 is 20.3. The molecule has 0 bridgehead atoms. The summed E-state index contributed by atoms with van der Waals surface area (Å²) in [6, 6.07) is 24.1. The number of aliphatic hydroxyl groups excluding tert-OH is 1. The highest BCUT2D eigenvalue weighted by molar-refractivity contribution is 6.51. The van der Waals surface area contributed by atoms with E-state index in [-0.39, 0.29) is 16.9 Å². The third-order valence-corrected chi connectivity index (χ3v) is 6.02. The number of halogens is 1. The molecule has 4 aromatic carbocycles. The number of carbonyl (C=O) groups is 2. The Labute approximate surface area is 195 Å². The van der Waals surface area contributed by atoms with Gasteiger partial charge in [0.2, 0.25) is 0 Å². The number of benzene rings is 4. The van der Waals surface area contributed by atoms with Crippen molar-refractivity contribution in [3.63, 3.8) is 0 Å². The number of hydrogen-bond donors (Lipinski definition) is 1. The number of ether oxygens (including phenoxy) is 1. The fraction of sp³-hybridized carbons (Fsp3) is 0.0714. The zero-order valence-corrected chi connectivity index (χ0v) is 18.2. The van der Waals surface area contributed by atoms with Gasteiger partial charge in [-0.15, -0.1) is 0 Å². The molecule has 1 N–H and O–H groups in total. The Hall–Kier alpha value is -4.45. The number of nitrogens with zero attached hydrogens (tertiary/aromatic N) is 1. The summed E-state index contributed by atoms with van der Waals surface area (Å²) in [4.78, 5) is 27.8. The molecule has 0 aliphatic carbocycles. The Kier molecular flexibility index (Phi) is 5.34. The van der Waals surface area contributed by atoms with Gasteiger partial charge in [-0.05, 0) is 29.0 Å². The van der Waals surface area contributed by atoms with E-state index < -0.39 is 23.5 Å². The highest BCUT2D eigenvalue weighted by Gasteiger charge is 2.48. The molecule has 1 aliphatic rings. The Morgan fingerprint density at radius 1 is 0.912 bits per heavy atom. The summed E-state index contributed by atoms with van der Waals surface area (Å²) in [5, 5.41) is 13.0. The molecule has 6 heteroatoms. The Morgan fingerprint density at radius 2 is 1.62 bits per heavy atom. The number of anilines is 1. The number of hydrogen-bond acceptors (Lipinski definition) is 4. The second-order valence-electron chi connectivity index (χ2n) is 7.92. The van der Waals surface area contributed by atoms with Crippen LogP contribution in [0.3, 0.4) is 0 Å². The second kappa shape index (κ2) is 8.48. The van der Waals surface area contributed by atoms with Gasteiger partial charge in [0.25, 0.3) is 11.7 Å². The number of ketones is 1. The second-order valence-corrected chi connectivity index (χ2v) is 7.92. The molecule has 1 saturated heterocycles. The molecular formula is C28H20FNO4. The number of carbonyl (C=O) groups excluding carboxylic acids is 2. The van der Waals surface area contributed by atoms with Crippen LogP contribution in [0.2, 0.25) is 0 Å². The van der Waals surface area contributed by atoms with E-state index in [1.54, 1.807) is 42.5 Å². The zero-order valence-electron chi connectivity index (χ0n) is 18.2. The number of rotatable bonds is 4. The van der Waals surface area contributed by atoms with E-state index in [1.807, 2.05) is 30.3 Å². The largest absolute Gasteiger partial charge is 0.507 e. The number of methoxy groups -OCH3 is 1. The normalized spacial score (nSPS) is 17.4. The first kappa shape index (κ1) is 21.4. The molecule has 34 heavy (non-hydrogen) atoms. The first-order valence-corrected chi connectivity index (χ1v) is 10.7. The number of Topliss-reactive ketones (excluding diaryl/α,β-unsaturated/α-hetero) is 1. The van der Waals surface area contributed by atoms with Crippen molar-refractivity contribution in [1.29, 1.82) is 0 Å². The Morgan fingerprint density at radius 3 is 2.41 bits per heavy atom. The number of amides is 1. The van der Waals surface area contributed by atoms with Crippen molar-refractivity contribution in [3.05, 3.63) is 114 Å². The maximum atomic E-state index is 15.0. The van der Waals surface area contributed by atoms with Gasteiger partial charge in [-0.1, -0.05) is 66.7 Å². The molecule has 1 unspecified atom stereocenters. The molecule has 1 heterocycles. The highest BCUT2D eigenvalue weighted by atomic mass is 19.1. The van der Waals surface area contributed by atoms with E-state index in [1.165, 1.54) is 30.2 Å². The van der Waals surface area contributed by atoms with Crippen LogP contribution in [0.5, 0.6) is 5.75 Å². The predicted octanol–water partition coefficient (Wildman–Crippen LogP) is 5.61. The minimum absolute atomic E-state index is 0.103. The molecule has 1 amide bonds. The standard InChI is InChI=1S/C28H20FNO4/c1-34-19-11-7-10-18(16-19)30-25(22-13-4-5-15-23(22)29)24(27(32)28(30)33)26(31)21-14-6-9-17-8-2-3-12-20(17)21/h2-16,25,31H,1H3/b26-24+. The third-order valence-electron chi connectivity index (χ3n) is 6.02. The van der Waals surface area contributed by atoms with Crippen LogP contribution < -0.4 is 9.64 Å². The molecule has 4 aromatic rings. The van der Waals surface area contributed by atoms with E-state index in [2.05, 4.69) is 0 Å². The van der Waals surface area contributed by atoms with Crippen LogP contribution in [0, 0.1) is 5.82 Å². The van der Waals surface area contributed by atoms with E-state index in [0.29, 0.717) is 22.4 Å². The van der Waals surface area contributed by atoms with Crippen molar-refractivity contribution in [3.8, 4) is 5.75 Å². The molecule has 1 atom stereocenters. The van der Waals surface area contributed by atoms with E-state index in [0.717, 1.165) is 5.39 Å². The first-order chi connectivity index (χ1) is 16.5. The molecule has 0 radical (unpaired) electrons. The van der Waals surface area contributed by atoms with Gasteiger partial charge in [0, 0.05) is 22.9 Å². The lowest BCUT2D eigenvalue weighted by Gasteiger charge is -2.26. The quantitative estimate of drug-likeness (QED) is 0.248. The number of aliphatic hydroxyl groups is 1. The molecule has 1 fully saturated rings. The fourth-order valence-electron chi connectivity index (χ4n) is 4.43. The van der Waals surface area contributed by atoms with Crippen molar-refractivity contribution < 1.29 is 23.8 Å². The molecular weight excluding hydrogens is 433 g/mol. The Bertz CT molecular complexity index is 1470. The summed E-state index contributed by atoms with van der Waals surface area (Å²) in [7, 11) is 1.49. The maximum absolute atomic E-state index is 15.0. The van der Waals surface area contributed by atoms with E-state index in [4.69, 9.17) is 4.74 Å². The van der Waals surface area contributed by atoms with Gasteiger partial charge >= 0.3 is 0 Å². The summed E-state index contributed by atoms with van der Waals surface area (Å²) in [6.07, 6.45) is 0. The van der Waals surface area contributed by atoms with Gasteiger partial charge in [0.05, 0.1) is 18.7 Å². The van der Waals surface area contributed by atoms with Crippen LogP contribution in [0.25, 0.3) is 16.5 Å². The van der Waals surface area contributed by atoms with Crippen LogP contribution in [0.1, 0.15) is 17.2 Å². The average molecular weight is 453 g/mol. The van der Waals surface area contributed by atoms with Gasteiger partial charge in [0.15, 0.2) is 0 Å². The van der Waals surface area contributed by atoms with Gasteiger partial charge < -0.3 is 9.84 Å². The monoisotopic (exact) mass is 453 g/mol. The van der Waals surface area contributed by atoms with Crippen molar-refractivity contribution in [1.82, 2.24) is 0 Å². The van der Waals surface area contributed by atoms with E-state index >= 15 is 4.39 Å². The molecule has 5 nitrogen and oxygen atoms in total. The number of fused-ring (bicyclic) bond motifs is 1. The van der Waals surface area contributed by atoms with Crippen LogP contribution in [-0.4, -0.2) is 23.9 Å². The molecule has 168 valence electrons. The zero-order chi connectivity index (χ0) is 23.8. The van der Waals surface area contributed by atoms with Gasteiger partial charge in [-0.25, -0.2) is 4.39 Å². The summed E-state index contributed by atoms with van der Waals surface area (Å²) in [6.45, 7) is 0. The minimum Gasteiger partial charge on any atom is -0.507 e. The highest BCUT2D eigenvalue weighted by Crippen LogP contribution is 2.44. The van der Waals surface area contributed by atoms with E-state index in [9.17, 15) is 14.7 Å². The van der Waals surface area contributed by atoms with Crippen molar-refractivity contribution in [2.45, 2.75) is 6.04 Å². The van der Waals surface area contributed by atoms with Crippen LogP contribution in [0.15, 0.2) is 96.6 Å². The third kappa shape index (κ3) is 3.40. The molecule has 5 rings (SSSR count). The predicted molar refractivity (Wildman–Crippen MR) is 128 cm³/mol. The molecule has 0 saturated carbocycles. The lowest BCUT2D eigenvalue weighted by Crippen LogP contribution is -2.29. The van der Waals surface area contributed by atoms with Gasteiger partial charge in [0.1, 0.15) is 17.3 Å². The summed E-state index contributed by atoms with van der Waals surface area (Å²) >= 11 is 0. The Balaban J connectivity index is 1.79. The van der Waals surface area contributed by atoms with Gasteiger partial charge in [-0.2, -0.15) is 0 Å². The summed E-state index contributed by atoms with van der Waals surface area (Å²) in [5.41, 5.74) is 0.676. The lowest BCUT2D eigenvalue weighted by molar-refractivity contribution is -0.132. The van der Waals surface area contributed by atoms with Crippen LogP contribution in [0.4, 0.5) is 10.1 Å². The maximum Gasteiger partial charge on any atom is 0.300 e. The first-order valence-electron chi connectivity index (χ1n) is 10.7. The van der Waals surface area contributed by atoms with Gasteiger partial charge in [-0.3, -0.25) is 14.5 Å². The SMILES string of the molecule is COc1cccc(N2C(=O)C(=O)/C(=C(/O)c3cccc4ccccc34)C2c2ccccc2F)c1. The molecule has 0 aromatic heterocycles. The lowest BCUT2D eigenvalue weighted by atomic mass is 9.93. The smallest absolute Gasteiger partial charge is 0.300 e.